The van der Waals surface area contributed by atoms with Crippen molar-refractivity contribution in [2.45, 2.75) is 6.18 Å². The number of anilines is 1. The van der Waals surface area contributed by atoms with Crippen molar-refractivity contribution < 1.29 is 13.2 Å². The highest BCUT2D eigenvalue weighted by atomic mass is 35.5. The Morgan fingerprint density at radius 2 is 1.82 bits per heavy atom. The number of nitrogens with one attached hydrogen (secondary N) is 1. The van der Waals surface area contributed by atoms with Crippen LogP contribution in [-0.2, 0) is 0 Å². The highest BCUT2D eigenvalue weighted by Gasteiger charge is 2.28. The lowest BCUT2D eigenvalue weighted by Gasteiger charge is -2.11. The average molecular weight is 302 g/mol. The van der Waals surface area contributed by atoms with E-state index in [1.165, 1.54) is 6.07 Å². The van der Waals surface area contributed by atoms with E-state index in [4.69, 9.17) is 23.2 Å². The van der Waals surface area contributed by atoms with E-state index in [0.29, 0.717) is 5.52 Å². The molecule has 2 rings (SSSR count). The summed E-state index contributed by atoms with van der Waals surface area (Å²) in [5.41, 5.74) is 0.680. The molecule has 0 aliphatic heterocycles. The zero-order valence-electron chi connectivity index (χ0n) is 7.98. The highest BCUT2D eigenvalue weighted by Crippen LogP contribution is 2.35. The lowest BCUT2D eigenvalue weighted by molar-refractivity contribution is -0.115. The van der Waals surface area contributed by atoms with Gasteiger partial charge >= 0.3 is 6.18 Å². The molecule has 9 heteroatoms. The number of fused-ring (bicyclic) bond motifs is 1. The number of aromatic nitrogens is 2. The van der Waals surface area contributed by atoms with Crippen molar-refractivity contribution in [3.63, 3.8) is 0 Å². The summed E-state index contributed by atoms with van der Waals surface area (Å²) in [7, 11) is 0. The maximum Gasteiger partial charge on any atom is 0.405 e. The Hall–Kier alpha value is -0.790. The molecule has 0 amide bonds. The van der Waals surface area contributed by atoms with Crippen LogP contribution in [0.4, 0.5) is 18.9 Å². The van der Waals surface area contributed by atoms with Crippen LogP contribution in [0.5, 0.6) is 0 Å². The predicted octanol–water partition coefficient (Wildman–Crippen LogP) is 3.97. The van der Waals surface area contributed by atoms with Gasteiger partial charge in [0.05, 0.1) is 27.5 Å². The van der Waals surface area contributed by atoms with Crippen LogP contribution in [0, 0.1) is 0 Å². The molecule has 0 spiro atoms. The number of hydrogen-bond acceptors (Lipinski definition) is 4. The van der Waals surface area contributed by atoms with E-state index in [-0.39, 0.29) is 21.2 Å². The Bertz CT molecular complexity index is 555. The maximum atomic E-state index is 12.1. The molecule has 1 N–H and O–H groups in total. The Balaban J connectivity index is 2.42. The van der Waals surface area contributed by atoms with Crippen LogP contribution in [0.15, 0.2) is 6.07 Å². The Morgan fingerprint density at radius 3 is 2.47 bits per heavy atom. The minimum absolute atomic E-state index is 0.0828. The minimum atomic E-state index is -4.33. The molecule has 17 heavy (non-hydrogen) atoms. The first-order valence-corrected chi connectivity index (χ1v) is 5.78. The quantitative estimate of drug-likeness (QED) is 0.912. The molecule has 2 aromatic rings. The molecule has 0 atom stereocenters. The van der Waals surface area contributed by atoms with Gasteiger partial charge in [0.1, 0.15) is 17.6 Å². The predicted molar refractivity (Wildman–Crippen MR) is 62.0 cm³/mol. The van der Waals surface area contributed by atoms with Crippen molar-refractivity contribution in [1.29, 1.82) is 0 Å². The summed E-state index contributed by atoms with van der Waals surface area (Å²) >= 11 is 12.5. The molecule has 0 radical (unpaired) electrons. The summed E-state index contributed by atoms with van der Waals surface area (Å²) in [4.78, 5) is 0. The molecule has 0 saturated heterocycles. The molecular formula is C8H4Cl2F3N3S. The Morgan fingerprint density at radius 1 is 1.18 bits per heavy atom. The Kier molecular flexibility index (Phi) is 3.33. The lowest BCUT2D eigenvalue weighted by atomic mass is 10.2. The van der Waals surface area contributed by atoms with Gasteiger partial charge in [0.15, 0.2) is 0 Å². The SMILES string of the molecule is FC(F)(F)CNc1c(Cl)cc(Cl)c2nsnc12. The third-order valence-electron chi connectivity index (χ3n) is 1.91. The van der Waals surface area contributed by atoms with Crippen LogP contribution < -0.4 is 5.32 Å². The summed E-state index contributed by atoms with van der Waals surface area (Å²) < 4.78 is 44.1. The first-order valence-electron chi connectivity index (χ1n) is 4.29. The molecule has 0 aliphatic carbocycles. The summed E-state index contributed by atoms with van der Waals surface area (Å²) in [6.07, 6.45) is -4.33. The van der Waals surface area contributed by atoms with E-state index in [9.17, 15) is 13.2 Å². The van der Waals surface area contributed by atoms with Gasteiger partial charge in [0.2, 0.25) is 0 Å². The highest BCUT2D eigenvalue weighted by molar-refractivity contribution is 7.00. The fraction of sp³-hybridized carbons (Fsp3) is 0.250. The van der Waals surface area contributed by atoms with Crippen LogP contribution in [-0.4, -0.2) is 21.5 Å². The van der Waals surface area contributed by atoms with Crippen molar-refractivity contribution in [2.75, 3.05) is 11.9 Å². The van der Waals surface area contributed by atoms with Gasteiger partial charge in [0.25, 0.3) is 0 Å². The second-order valence-corrected chi connectivity index (χ2v) is 4.49. The minimum Gasteiger partial charge on any atom is -0.373 e. The number of hydrogen-bond donors (Lipinski definition) is 1. The van der Waals surface area contributed by atoms with Gasteiger partial charge in [-0.15, -0.1) is 0 Å². The molecule has 1 aromatic heterocycles. The van der Waals surface area contributed by atoms with E-state index in [2.05, 4.69) is 14.1 Å². The second-order valence-electron chi connectivity index (χ2n) is 3.15. The van der Waals surface area contributed by atoms with Gasteiger partial charge in [-0.1, -0.05) is 23.2 Å². The van der Waals surface area contributed by atoms with Crippen LogP contribution >= 0.6 is 34.9 Å². The molecule has 92 valence electrons. The third kappa shape index (κ3) is 2.72. The van der Waals surface area contributed by atoms with Gasteiger partial charge in [0, 0.05) is 0 Å². The number of nitrogens with zero attached hydrogens (tertiary/aromatic N) is 2. The zero-order valence-corrected chi connectivity index (χ0v) is 10.3. The first kappa shape index (κ1) is 12.7. The largest absolute Gasteiger partial charge is 0.405 e. The summed E-state index contributed by atoms with van der Waals surface area (Å²) in [6.45, 7) is -1.19. The Labute approximate surface area is 108 Å². The van der Waals surface area contributed by atoms with E-state index >= 15 is 0 Å². The van der Waals surface area contributed by atoms with Crippen molar-refractivity contribution in [1.82, 2.24) is 8.75 Å². The van der Waals surface area contributed by atoms with Gasteiger partial charge in [-0.25, -0.2) is 0 Å². The van der Waals surface area contributed by atoms with Gasteiger partial charge < -0.3 is 5.32 Å². The normalized spacial score (nSPS) is 12.1. The number of benzene rings is 1. The van der Waals surface area contributed by atoms with Crippen LogP contribution in [0.2, 0.25) is 10.0 Å². The lowest BCUT2D eigenvalue weighted by Crippen LogP contribution is -2.21. The second kappa shape index (κ2) is 4.47. The number of rotatable bonds is 2. The molecule has 0 unspecified atom stereocenters. The zero-order chi connectivity index (χ0) is 12.6. The molecule has 0 aliphatic rings. The third-order valence-corrected chi connectivity index (χ3v) is 3.02. The molecular weight excluding hydrogens is 298 g/mol. The molecule has 3 nitrogen and oxygen atoms in total. The van der Waals surface area contributed by atoms with Crippen LogP contribution in [0.1, 0.15) is 0 Å². The molecule has 1 aromatic carbocycles. The van der Waals surface area contributed by atoms with Gasteiger partial charge in [-0.3, -0.25) is 0 Å². The standard InChI is InChI=1S/C8H4Cl2F3N3S/c9-3-1-4(10)6-7(16-17-15-6)5(3)14-2-8(11,12)13/h1,14H,2H2. The van der Waals surface area contributed by atoms with Crippen molar-refractivity contribution >= 4 is 51.7 Å². The fourth-order valence-corrected chi connectivity index (χ4v) is 2.41. The van der Waals surface area contributed by atoms with Crippen molar-refractivity contribution in [2.24, 2.45) is 0 Å². The summed E-state index contributed by atoms with van der Waals surface area (Å²) in [6, 6.07) is 1.34. The van der Waals surface area contributed by atoms with Gasteiger partial charge in [-0.2, -0.15) is 21.9 Å². The fourth-order valence-electron chi connectivity index (χ4n) is 1.23. The number of alkyl halides is 3. The van der Waals surface area contributed by atoms with E-state index in [1.54, 1.807) is 0 Å². The first-order chi connectivity index (χ1) is 7.88. The molecule has 0 bridgehead atoms. The molecule has 1 heterocycles. The van der Waals surface area contributed by atoms with Crippen LogP contribution in [0.3, 0.4) is 0 Å². The van der Waals surface area contributed by atoms with E-state index < -0.39 is 12.7 Å². The topological polar surface area (TPSA) is 37.8 Å². The molecule has 0 saturated carbocycles. The van der Waals surface area contributed by atoms with Gasteiger partial charge in [-0.05, 0) is 6.07 Å². The van der Waals surface area contributed by atoms with E-state index in [1.807, 2.05) is 0 Å². The van der Waals surface area contributed by atoms with Crippen molar-refractivity contribution in [3.05, 3.63) is 16.1 Å². The average Bonchev–Trinajstić information content (AvgIpc) is 2.64. The van der Waals surface area contributed by atoms with Crippen LogP contribution in [0.25, 0.3) is 11.0 Å². The number of halogens is 5. The van der Waals surface area contributed by atoms with Crippen molar-refractivity contribution in [3.8, 4) is 0 Å². The van der Waals surface area contributed by atoms with E-state index in [0.717, 1.165) is 11.7 Å². The monoisotopic (exact) mass is 301 g/mol. The summed E-state index contributed by atoms with van der Waals surface area (Å²) in [5, 5.41) is 2.54. The maximum absolute atomic E-state index is 12.1. The molecule has 0 fully saturated rings. The smallest absolute Gasteiger partial charge is 0.373 e. The summed E-state index contributed by atoms with van der Waals surface area (Å²) in [5.74, 6) is 0.